The van der Waals surface area contributed by atoms with Gasteiger partial charge < -0.3 is 9.84 Å². The van der Waals surface area contributed by atoms with Gasteiger partial charge in [0.1, 0.15) is 10.6 Å². The minimum Gasteiger partial charge on any atom is -0.507 e. The highest BCUT2D eigenvalue weighted by atomic mass is 32.1. The minimum absolute atomic E-state index is 0.0272. The molecular formula is C25H22N2O5S. The molecule has 0 aliphatic carbocycles. The van der Waals surface area contributed by atoms with Crippen LogP contribution in [-0.2, 0) is 14.3 Å². The lowest BCUT2D eigenvalue weighted by atomic mass is 9.95. The van der Waals surface area contributed by atoms with Gasteiger partial charge in [-0.25, -0.2) is 9.78 Å². The molecule has 4 rings (SSSR count). The predicted octanol–water partition coefficient (Wildman–Crippen LogP) is 4.56. The van der Waals surface area contributed by atoms with Gasteiger partial charge in [0.2, 0.25) is 0 Å². The number of ketones is 1. The number of benzene rings is 2. The Bertz CT molecular complexity index is 1260. The number of hydrogen-bond acceptors (Lipinski definition) is 7. The summed E-state index contributed by atoms with van der Waals surface area (Å²) in [4.78, 5) is 44.6. The summed E-state index contributed by atoms with van der Waals surface area (Å²) in [5, 5.41) is 11.3. The lowest BCUT2D eigenvalue weighted by molar-refractivity contribution is -0.132. The molecule has 0 unspecified atom stereocenters. The third-order valence-electron chi connectivity index (χ3n) is 5.34. The first kappa shape index (κ1) is 22.4. The van der Waals surface area contributed by atoms with E-state index in [9.17, 15) is 19.5 Å². The number of aryl methyl sites for hydroxylation is 2. The number of aliphatic hydroxyl groups excluding tert-OH is 1. The molecule has 7 nitrogen and oxygen atoms in total. The van der Waals surface area contributed by atoms with Gasteiger partial charge in [-0.3, -0.25) is 14.5 Å². The summed E-state index contributed by atoms with van der Waals surface area (Å²) < 4.78 is 5.09. The fraction of sp³-hybridized carbons (Fsp3) is 0.200. The van der Waals surface area contributed by atoms with Gasteiger partial charge in [0.15, 0.2) is 5.13 Å². The van der Waals surface area contributed by atoms with E-state index in [1.54, 1.807) is 44.2 Å². The number of ether oxygens (including phenoxy) is 1. The first-order valence-electron chi connectivity index (χ1n) is 10.4. The van der Waals surface area contributed by atoms with Crippen molar-refractivity contribution < 1.29 is 24.2 Å². The molecule has 1 fully saturated rings. The zero-order valence-electron chi connectivity index (χ0n) is 18.4. The van der Waals surface area contributed by atoms with Crippen molar-refractivity contribution in [1.82, 2.24) is 4.98 Å². The molecule has 8 heteroatoms. The Kier molecular flexibility index (Phi) is 6.11. The molecule has 33 heavy (non-hydrogen) atoms. The number of aromatic nitrogens is 1. The van der Waals surface area contributed by atoms with E-state index in [1.165, 1.54) is 4.90 Å². The van der Waals surface area contributed by atoms with Crippen LogP contribution in [0.5, 0.6) is 0 Å². The monoisotopic (exact) mass is 462 g/mol. The van der Waals surface area contributed by atoms with Gasteiger partial charge in [-0.1, -0.05) is 71.5 Å². The number of esters is 1. The summed E-state index contributed by atoms with van der Waals surface area (Å²) in [6, 6.07) is 15.1. The number of aliphatic hydroxyl groups is 1. The molecule has 1 N–H and O–H groups in total. The van der Waals surface area contributed by atoms with Crippen molar-refractivity contribution >= 4 is 39.9 Å². The van der Waals surface area contributed by atoms with Crippen molar-refractivity contribution in [1.29, 1.82) is 0 Å². The quantitative estimate of drug-likeness (QED) is 0.258. The Balaban J connectivity index is 1.90. The zero-order chi connectivity index (χ0) is 23.7. The number of carbonyl (C=O) groups is 3. The van der Waals surface area contributed by atoms with Gasteiger partial charge in [0, 0.05) is 5.56 Å². The first-order chi connectivity index (χ1) is 15.8. The summed E-state index contributed by atoms with van der Waals surface area (Å²) in [6.45, 7) is 5.49. The molecule has 0 radical (unpaired) electrons. The molecule has 3 aromatic rings. The number of thiazole rings is 1. The molecule has 2 aromatic carbocycles. The van der Waals surface area contributed by atoms with Crippen molar-refractivity contribution in [3.63, 3.8) is 0 Å². The number of rotatable bonds is 5. The maximum Gasteiger partial charge on any atom is 0.350 e. The fourth-order valence-electron chi connectivity index (χ4n) is 3.72. The van der Waals surface area contributed by atoms with Gasteiger partial charge in [-0.2, -0.15) is 0 Å². The fourth-order valence-corrected chi connectivity index (χ4v) is 4.70. The Hall–Kier alpha value is -3.78. The molecule has 1 atom stereocenters. The van der Waals surface area contributed by atoms with Crippen molar-refractivity contribution in [3.8, 4) is 0 Å². The summed E-state index contributed by atoms with van der Waals surface area (Å²) >= 11 is 0.985. The van der Waals surface area contributed by atoms with Crippen LogP contribution in [0.15, 0.2) is 60.2 Å². The van der Waals surface area contributed by atoms with Crippen LogP contribution >= 0.6 is 11.3 Å². The standard InChI is InChI=1S/C25H22N2O5S/c1-4-32-24(31)22-15(3)26-25(33-22)27-19(16-12-10-14(2)11-13-16)18(21(29)23(27)30)20(28)17-8-6-5-7-9-17/h5-13,19,28H,4H2,1-3H3/t19-/m0/s1. The largest absolute Gasteiger partial charge is 0.507 e. The van der Waals surface area contributed by atoms with E-state index in [4.69, 9.17) is 4.74 Å². The molecule has 2 heterocycles. The molecule has 0 bridgehead atoms. The van der Waals surface area contributed by atoms with Gasteiger partial charge in [0.25, 0.3) is 5.78 Å². The van der Waals surface area contributed by atoms with Gasteiger partial charge in [0.05, 0.1) is 23.9 Å². The third kappa shape index (κ3) is 4.05. The molecule has 0 saturated carbocycles. The van der Waals surface area contributed by atoms with E-state index < -0.39 is 23.7 Å². The van der Waals surface area contributed by atoms with Crippen molar-refractivity contribution in [2.24, 2.45) is 0 Å². The molecule has 1 aliphatic heterocycles. The lowest BCUT2D eigenvalue weighted by Gasteiger charge is -2.23. The Morgan fingerprint density at radius 1 is 1.09 bits per heavy atom. The Labute approximate surface area is 195 Å². The normalized spacial score (nSPS) is 17.4. The molecule has 1 aromatic heterocycles. The van der Waals surface area contributed by atoms with Crippen LogP contribution in [0.3, 0.4) is 0 Å². The maximum absolute atomic E-state index is 13.2. The summed E-state index contributed by atoms with van der Waals surface area (Å²) in [5.74, 6) is -2.43. The Morgan fingerprint density at radius 3 is 2.39 bits per heavy atom. The highest BCUT2D eigenvalue weighted by molar-refractivity contribution is 7.17. The predicted molar refractivity (Wildman–Crippen MR) is 125 cm³/mol. The van der Waals surface area contributed by atoms with E-state index in [-0.39, 0.29) is 27.9 Å². The van der Waals surface area contributed by atoms with Crippen LogP contribution < -0.4 is 4.90 Å². The number of nitrogens with zero attached hydrogens (tertiary/aromatic N) is 2. The molecule has 168 valence electrons. The van der Waals surface area contributed by atoms with Crippen LogP contribution in [0, 0.1) is 13.8 Å². The van der Waals surface area contributed by atoms with Crippen molar-refractivity contribution in [2.75, 3.05) is 11.5 Å². The van der Waals surface area contributed by atoms with Crippen molar-refractivity contribution in [3.05, 3.63) is 87.4 Å². The number of amides is 1. The lowest BCUT2D eigenvalue weighted by Crippen LogP contribution is -2.29. The highest BCUT2D eigenvalue weighted by Crippen LogP contribution is 2.43. The second-order valence-corrected chi connectivity index (χ2v) is 8.55. The zero-order valence-corrected chi connectivity index (χ0v) is 19.2. The van der Waals surface area contributed by atoms with Crippen molar-refractivity contribution in [2.45, 2.75) is 26.8 Å². The molecule has 1 amide bonds. The number of hydrogen-bond donors (Lipinski definition) is 1. The highest BCUT2D eigenvalue weighted by Gasteiger charge is 2.48. The average molecular weight is 463 g/mol. The number of carbonyl (C=O) groups excluding carboxylic acids is 3. The van der Waals surface area contributed by atoms with Crippen LogP contribution in [-0.4, -0.2) is 34.4 Å². The van der Waals surface area contributed by atoms with Crippen LogP contribution in [0.25, 0.3) is 5.76 Å². The van der Waals surface area contributed by atoms with Gasteiger partial charge in [-0.15, -0.1) is 0 Å². The summed E-state index contributed by atoms with van der Waals surface area (Å²) in [6.07, 6.45) is 0. The Morgan fingerprint density at radius 2 is 1.76 bits per heavy atom. The van der Waals surface area contributed by atoms with E-state index in [1.807, 2.05) is 31.2 Å². The SMILES string of the molecule is CCOC(=O)c1sc(N2C(=O)C(=O)C(=C(O)c3ccccc3)[C@@H]2c2ccc(C)cc2)nc1C. The van der Waals surface area contributed by atoms with Crippen LogP contribution in [0.2, 0.25) is 0 Å². The van der Waals surface area contributed by atoms with E-state index in [0.717, 1.165) is 16.9 Å². The van der Waals surface area contributed by atoms with E-state index in [0.29, 0.717) is 16.8 Å². The van der Waals surface area contributed by atoms with E-state index >= 15 is 0 Å². The average Bonchev–Trinajstić information content (AvgIpc) is 3.32. The second-order valence-electron chi connectivity index (χ2n) is 7.58. The second kappa shape index (κ2) is 8.99. The number of Topliss-reactive ketones (excluding diaryl/α,β-unsaturated/α-hetero) is 1. The first-order valence-corrected chi connectivity index (χ1v) is 11.2. The summed E-state index contributed by atoms with van der Waals surface area (Å²) in [5.41, 5.74) is 2.45. The van der Waals surface area contributed by atoms with Crippen LogP contribution in [0.1, 0.15) is 45.0 Å². The van der Waals surface area contributed by atoms with Crippen LogP contribution in [0.4, 0.5) is 5.13 Å². The smallest absolute Gasteiger partial charge is 0.350 e. The molecule has 1 aliphatic rings. The minimum atomic E-state index is -0.897. The maximum atomic E-state index is 13.2. The molecule has 0 spiro atoms. The van der Waals surface area contributed by atoms with Gasteiger partial charge in [-0.05, 0) is 26.3 Å². The molecule has 1 saturated heterocycles. The molecular weight excluding hydrogens is 440 g/mol. The summed E-state index contributed by atoms with van der Waals surface area (Å²) in [7, 11) is 0. The topological polar surface area (TPSA) is 96.8 Å². The van der Waals surface area contributed by atoms with E-state index in [2.05, 4.69) is 4.98 Å². The van der Waals surface area contributed by atoms with Gasteiger partial charge >= 0.3 is 11.9 Å². The third-order valence-corrected chi connectivity index (χ3v) is 6.47. The number of anilines is 1.